The minimum atomic E-state index is -4.15. The Morgan fingerprint density at radius 1 is 0.879 bits per heavy atom. The van der Waals surface area contributed by atoms with Crippen LogP contribution in [-0.2, 0) is 19.6 Å². The minimum absolute atomic E-state index is 0.0604. The number of benzene rings is 3. The van der Waals surface area contributed by atoms with Crippen LogP contribution in [0.5, 0.6) is 11.5 Å². The molecular formula is C24H20BrNO6S. The quantitative estimate of drug-likeness (QED) is 0.449. The number of hydrogen-bond acceptors (Lipinski definition) is 6. The number of nitrogens with zero attached hydrogens (tertiary/aromatic N) is 1. The molecule has 0 saturated heterocycles. The molecule has 170 valence electrons. The van der Waals surface area contributed by atoms with E-state index in [1.165, 1.54) is 27.4 Å². The van der Waals surface area contributed by atoms with Gasteiger partial charge in [-0.15, -0.1) is 0 Å². The molecule has 4 rings (SSSR count). The number of ether oxygens (including phenoxy) is 3. The van der Waals surface area contributed by atoms with Crippen LogP contribution in [0.4, 0.5) is 5.69 Å². The van der Waals surface area contributed by atoms with Crippen LogP contribution in [-0.4, -0.2) is 35.7 Å². The molecule has 0 aromatic heterocycles. The van der Waals surface area contributed by atoms with E-state index in [-0.39, 0.29) is 16.3 Å². The van der Waals surface area contributed by atoms with Crippen LogP contribution in [0.3, 0.4) is 0 Å². The second kappa shape index (κ2) is 8.92. The topological polar surface area (TPSA) is 82.1 Å². The van der Waals surface area contributed by atoms with E-state index in [4.69, 9.17) is 14.2 Å². The van der Waals surface area contributed by atoms with Crippen molar-refractivity contribution in [1.82, 2.24) is 0 Å². The second-order valence-corrected chi connectivity index (χ2v) is 9.64. The molecule has 0 spiro atoms. The first kappa shape index (κ1) is 22.9. The zero-order valence-corrected chi connectivity index (χ0v) is 20.4. The Labute approximate surface area is 200 Å². The molecular weight excluding hydrogens is 510 g/mol. The molecule has 0 fully saturated rings. The van der Waals surface area contributed by atoms with E-state index in [9.17, 15) is 13.2 Å². The molecule has 0 bridgehead atoms. The number of carbonyl (C=O) groups is 1. The van der Waals surface area contributed by atoms with Crippen molar-refractivity contribution in [2.24, 2.45) is 0 Å². The molecule has 0 amide bonds. The average Bonchev–Trinajstić information content (AvgIpc) is 2.83. The normalized spacial score (nSPS) is 14.5. The predicted octanol–water partition coefficient (Wildman–Crippen LogP) is 4.61. The fourth-order valence-corrected chi connectivity index (χ4v) is 6.04. The number of anilines is 1. The van der Waals surface area contributed by atoms with Gasteiger partial charge in [0.1, 0.15) is 11.5 Å². The summed E-state index contributed by atoms with van der Waals surface area (Å²) >= 11 is 3.42. The second-order valence-electron chi connectivity index (χ2n) is 7.03. The van der Waals surface area contributed by atoms with Gasteiger partial charge in [0.2, 0.25) is 0 Å². The van der Waals surface area contributed by atoms with Gasteiger partial charge in [0.05, 0.1) is 31.9 Å². The summed E-state index contributed by atoms with van der Waals surface area (Å²) in [5, 5.41) is 0. The summed E-state index contributed by atoms with van der Waals surface area (Å²) in [7, 11) is 0.0893. The number of sulfonamides is 1. The molecule has 0 saturated carbocycles. The van der Waals surface area contributed by atoms with Gasteiger partial charge < -0.3 is 14.2 Å². The van der Waals surface area contributed by atoms with Gasteiger partial charge in [-0.1, -0.05) is 30.3 Å². The summed E-state index contributed by atoms with van der Waals surface area (Å²) in [6.45, 7) is 0. The molecule has 1 heterocycles. The Kier molecular flexibility index (Phi) is 6.18. The summed E-state index contributed by atoms with van der Waals surface area (Å²) in [6, 6.07) is 18.4. The van der Waals surface area contributed by atoms with E-state index in [0.717, 1.165) is 4.31 Å². The van der Waals surface area contributed by atoms with E-state index in [1.807, 2.05) is 0 Å². The van der Waals surface area contributed by atoms with Crippen molar-refractivity contribution in [3.63, 3.8) is 0 Å². The minimum Gasteiger partial charge on any atom is -0.497 e. The van der Waals surface area contributed by atoms with Crippen LogP contribution < -0.4 is 13.8 Å². The molecule has 1 aliphatic heterocycles. The number of carbonyl (C=O) groups excluding carboxylic acids is 1. The highest BCUT2D eigenvalue weighted by atomic mass is 79.9. The maximum absolute atomic E-state index is 13.8. The molecule has 0 N–H and O–H groups in total. The highest BCUT2D eigenvalue weighted by molar-refractivity contribution is 9.10. The number of esters is 1. The van der Waals surface area contributed by atoms with Crippen LogP contribution in [0.1, 0.15) is 11.1 Å². The first-order valence-corrected chi connectivity index (χ1v) is 12.0. The number of methoxy groups -OCH3 is 3. The zero-order chi connectivity index (χ0) is 23.8. The van der Waals surface area contributed by atoms with Gasteiger partial charge >= 0.3 is 5.97 Å². The van der Waals surface area contributed by atoms with Crippen LogP contribution >= 0.6 is 15.9 Å². The van der Waals surface area contributed by atoms with Crippen LogP contribution in [0.2, 0.25) is 0 Å². The largest absolute Gasteiger partial charge is 0.497 e. The van der Waals surface area contributed by atoms with Crippen molar-refractivity contribution in [2.45, 2.75) is 4.90 Å². The van der Waals surface area contributed by atoms with Crippen molar-refractivity contribution < 1.29 is 27.4 Å². The van der Waals surface area contributed by atoms with Crippen molar-refractivity contribution in [3.8, 4) is 11.5 Å². The van der Waals surface area contributed by atoms with Gasteiger partial charge in [-0.3, -0.25) is 0 Å². The molecule has 0 unspecified atom stereocenters. The Bertz CT molecular complexity index is 1360. The van der Waals surface area contributed by atoms with Crippen molar-refractivity contribution >= 4 is 43.2 Å². The Morgan fingerprint density at radius 2 is 1.48 bits per heavy atom. The molecule has 0 atom stereocenters. The maximum atomic E-state index is 13.8. The standard InChI is InChI=1S/C24H20BrNO6S/c1-30-16-12-15(13-17(14-16)31-2)22-18-8-4-7-11-21(18)33(28,29)26(23(22)24(27)32-3)20-10-6-5-9-19(20)25/h4-14H,1-3H3. The molecule has 7 nitrogen and oxygen atoms in total. The highest BCUT2D eigenvalue weighted by Crippen LogP contribution is 2.45. The third-order valence-corrected chi connectivity index (χ3v) is 7.65. The third kappa shape index (κ3) is 3.87. The lowest BCUT2D eigenvalue weighted by Gasteiger charge is -2.33. The van der Waals surface area contributed by atoms with Gasteiger partial charge in [0.15, 0.2) is 5.70 Å². The van der Waals surface area contributed by atoms with E-state index in [2.05, 4.69) is 15.9 Å². The SMILES string of the molecule is COC(=O)C1=C(c2cc(OC)cc(OC)c2)c2ccccc2S(=O)(=O)N1c1ccccc1Br. The van der Waals surface area contributed by atoms with Gasteiger partial charge in [0, 0.05) is 21.7 Å². The van der Waals surface area contributed by atoms with E-state index in [1.54, 1.807) is 60.7 Å². The van der Waals surface area contributed by atoms with Gasteiger partial charge in [0.25, 0.3) is 10.0 Å². The maximum Gasteiger partial charge on any atom is 0.356 e. The summed E-state index contributed by atoms with van der Waals surface area (Å²) in [5.41, 5.74) is 1.42. The number of para-hydroxylation sites is 1. The smallest absolute Gasteiger partial charge is 0.356 e. The lowest BCUT2D eigenvalue weighted by Crippen LogP contribution is -2.39. The Morgan fingerprint density at radius 3 is 2.09 bits per heavy atom. The van der Waals surface area contributed by atoms with Crippen LogP contribution in [0.25, 0.3) is 5.57 Å². The summed E-state index contributed by atoms with van der Waals surface area (Å²) < 4.78 is 45.1. The molecule has 3 aromatic carbocycles. The number of halogens is 1. The van der Waals surface area contributed by atoms with E-state index < -0.39 is 16.0 Å². The van der Waals surface area contributed by atoms with Crippen molar-refractivity contribution in [2.75, 3.05) is 25.6 Å². The lowest BCUT2D eigenvalue weighted by atomic mass is 9.94. The predicted molar refractivity (Wildman–Crippen MR) is 128 cm³/mol. The van der Waals surface area contributed by atoms with Crippen LogP contribution in [0, 0.1) is 0 Å². The van der Waals surface area contributed by atoms with Crippen LogP contribution in [0.15, 0.2) is 81.8 Å². The first-order chi connectivity index (χ1) is 15.8. The monoisotopic (exact) mass is 529 g/mol. The Hall–Kier alpha value is -3.30. The van der Waals surface area contributed by atoms with Crippen molar-refractivity contribution in [3.05, 3.63) is 88.0 Å². The number of hydrogen-bond donors (Lipinski definition) is 0. The van der Waals surface area contributed by atoms with Gasteiger partial charge in [-0.05, 0) is 51.8 Å². The van der Waals surface area contributed by atoms with E-state index in [0.29, 0.717) is 32.7 Å². The zero-order valence-electron chi connectivity index (χ0n) is 18.0. The molecule has 3 aromatic rings. The average molecular weight is 530 g/mol. The fraction of sp³-hybridized carbons (Fsp3) is 0.125. The molecule has 9 heteroatoms. The van der Waals surface area contributed by atoms with Crippen molar-refractivity contribution in [1.29, 1.82) is 0 Å². The summed E-state index contributed by atoms with van der Waals surface area (Å²) in [4.78, 5) is 13.2. The first-order valence-electron chi connectivity index (χ1n) is 9.78. The lowest BCUT2D eigenvalue weighted by molar-refractivity contribution is -0.136. The summed E-state index contributed by atoms with van der Waals surface area (Å²) in [5.74, 6) is 0.166. The number of rotatable bonds is 5. The Balaban J connectivity index is 2.19. The number of fused-ring (bicyclic) bond motifs is 1. The molecule has 33 heavy (non-hydrogen) atoms. The van der Waals surface area contributed by atoms with E-state index >= 15 is 0 Å². The summed E-state index contributed by atoms with van der Waals surface area (Å²) in [6.07, 6.45) is 0. The molecule has 0 radical (unpaired) electrons. The fourth-order valence-electron chi connectivity index (χ4n) is 3.74. The van der Waals surface area contributed by atoms with Gasteiger partial charge in [-0.25, -0.2) is 17.5 Å². The molecule has 0 aliphatic carbocycles. The third-order valence-electron chi connectivity index (χ3n) is 5.20. The highest BCUT2D eigenvalue weighted by Gasteiger charge is 2.42. The molecule has 1 aliphatic rings. The van der Waals surface area contributed by atoms with Gasteiger partial charge in [-0.2, -0.15) is 0 Å².